The summed E-state index contributed by atoms with van der Waals surface area (Å²) in [6.07, 6.45) is 1.61. The van der Waals surface area contributed by atoms with Crippen LogP contribution in [0.2, 0.25) is 0 Å². The van der Waals surface area contributed by atoms with Gasteiger partial charge >= 0.3 is 0 Å². The number of benzene rings is 2. The quantitative estimate of drug-likeness (QED) is 0.727. The van der Waals surface area contributed by atoms with Crippen molar-refractivity contribution in [2.45, 2.75) is 26.3 Å². The number of Topliss-reactive ketones (excluding diaryl/α,β-unsaturated/α-hetero) is 1. The second-order valence-corrected chi connectivity index (χ2v) is 6.98. The Kier molecular flexibility index (Phi) is 6.52. The van der Waals surface area contributed by atoms with E-state index in [4.69, 9.17) is 9.47 Å². The first-order valence-corrected chi connectivity index (χ1v) is 9.57. The van der Waals surface area contributed by atoms with E-state index in [0.29, 0.717) is 31.2 Å². The maximum absolute atomic E-state index is 13.7. The number of phenols is 1. The summed E-state index contributed by atoms with van der Waals surface area (Å²) >= 11 is 0. The van der Waals surface area contributed by atoms with Gasteiger partial charge in [-0.05, 0) is 50.6 Å². The van der Waals surface area contributed by atoms with E-state index >= 15 is 0 Å². The van der Waals surface area contributed by atoms with Crippen molar-refractivity contribution in [2.75, 3.05) is 26.8 Å². The number of hydrogen-bond acceptors (Lipinski definition) is 5. The van der Waals surface area contributed by atoms with E-state index in [9.17, 15) is 14.3 Å². The lowest BCUT2D eigenvalue weighted by molar-refractivity contribution is 0.0807. The third-order valence-electron chi connectivity index (χ3n) is 5.08. The Balaban J connectivity index is 1.74. The molecule has 0 amide bonds. The molecule has 0 aromatic heterocycles. The molecular formula is C22H26FNO4. The summed E-state index contributed by atoms with van der Waals surface area (Å²) in [5, 5.41) is 10.4. The van der Waals surface area contributed by atoms with Crippen molar-refractivity contribution in [1.82, 2.24) is 4.90 Å². The molecule has 2 aromatic rings. The van der Waals surface area contributed by atoms with Crippen LogP contribution in [0.25, 0.3) is 0 Å². The number of carbonyl (C=O) groups is 1. The SMILES string of the molecule is CCOc1cccc(CN2CCC[C@H](C(=O)c3cc(F)ccc3OC)C2)c1O. The molecule has 1 saturated heterocycles. The summed E-state index contributed by atoms with van der Waals surface area (Å²) in [5.41, 5.74) is 1.05. The number of aromatic hydroxyl groups is 1. The number of likely N-dealkylation sites (tertiary alicyclic amines) is 1. The van der Waals surface area contributed by atoms with Crippen molar-refractivity contribution in [3.8, 4) is 17.2 Å². The summed E-state index contributed by atoms with van der Waals surface area (Å²) in [6, 6.07) is 9.47. The van der Waals surface area contributed by atoms with Crippen LogP contribution < -0.4 is 9.47 Å². The van der Waals surface area contributed by atoms with Gasteiger partial charge in [-0.25, -0.2) is 4.39 Å². The molecule has 1 aliphatic heterocycles. The molecule has 0 saturated carbocycles. The molecular weight excluding hydrogens is 361 g/mol. The van der Waals surface area contributed by atoms with E-state index in [1.54, 1.807) is 6.07 Å². The fraction of sp³-hybridized carbons (Fsp3) is 0.409. The van der Waals surface area contributed by atoms with Gasteiger partial charge in [-0.2, -0.15) is 0 Å². The normalized spacial score (nSPS) is 17.3. The van der Waals surface area contributed by atoms with Gasteiger partial charge in [-0.3, -0.25) is 9.69 Å². The Morgan fingerprint density at radius 1 is 1.29 bits per heavy atom. The van der Waals surface area contributed by atoms with Gasteiger partial charge < -0.3 is 14.6 Å². The number of phenolic OH excluding ortho intramolecular Hbond substituents is 1. The van der Waals surface area contributed by atoms with Gasteiger partial charge in [0.15, 0.2) is 17.3 Å². The molecule has 1 fully saturated rings. The predicted octanol–water partition coefficient (Wildman–Crippen LogP) is 4.03. The van der Waals surface area contributed by atoms with E-state index in [1.165, 1.54) is 25.3 Å². The van der Waals surface area contributed by atoms with Crippen molar-refractivity contribution < 1.29 is 23.8 Å². The second kappa shape index (κ2) is 9.06. The van der Waals surface area contributed by atoms with Crippen LogP contribution in [0.15, 0.2) is 36.4 Å². The van der Waals surface area contributed by atoms with Crippen LogP contribution in [0, 0.1) is 11.7 Å². The molecule has 3 rings (SSSR count). The molecule has 1 aliphatic rings. The lowest BCUT2D eigenvalue weighted by Crippen LogP contribution is -2.38. The molecule has 28 heavy (non-hydrogen) atoms. The number of piperidine rings is 1. The first-order valence-electron chi connectivity index (χ1n) is 9.57. The number of carbonyl (C=O) groups excluding carboxylic acids is 1. The number of ketones is 1. The van der Waals surface area contributed by atoms with E-state index < -0.39 is 5.82 Å². The van der Waals surface area contributed by atoms with Crippen molar-refractivity contribution in [3.05, 3.63) is 53.3 Å². The number of nitrogens with zero attached hydrogens (tertiary/aromatic N) is 1. The Morgan fingerprint density at radius 3 is 2.86 bits per heavy atom. The highest BCUT2D eigenvalue weighted by Gasteiger charge is 2.29. The summed E-state index contributed by atoms with van der Waals surface area (Å²) in [4.78, 5) is 15.1. The summed E-state index contributed by atoms with van der Waals surface area (Å²) in [5.74, 6) is 0.216. The Morgan fingerprint density at radius 2 is 2.11 bits per heavy atom. The van der Waals surface area contributed by atoms with Crippen LogP contribution in [-0.4, -0.2) is 42.6 Å². The van der Waals surface area contributed by atoms with Gasteiger partial charge in [0.25, 0.3) is 0 Å². The van der Waals surface area contributed by atoms with Crippen molar-refractivity contribution >= 4 is 5.78 Å². The smallest absolute Gasteiger partial charge is 0.171 e. The highest BCUT2D eigenvalue weighted by Crippen LogP contribution is 2.32. The van der Waals surface area contributed by atoms with Gasteiger partial charge in [0, 0.05) is 24.6 Å². The number of methoxy groups -OCH3 is 1. The fourth-order valence-electron chi connectivity index (χ4n) is 3.71. The highest BCUT2D eigenvalue weighted by molar-refractivity contribution is 6.00. The summed E-state index contributed by atoms with van der Waals surface area (Å²) < 4.78 is 24.3. The van der Waals surface area contributed by atoms with Crippen LogP contribution in [-0.2, 0) is 6.54 Å². The number of rotatable bonds is 7. The second-order valence-electron chi connectivity index (χ2n) is 6.98. The van der Waals surface area contributed by atoms with Crippen molar-refractivity contribution in [1.29, 1.82) is 0 Å². The van der Waals surface area contributed by atoms with Gasteiger partial charge in [0.2, 0.25) is 0 Å². The average Bonchev–Trinajstić information content (AvgIpc) is 2.71. The van der Waals surface area contributed by atoms with Gasteiger partial charge in [-0.15, -0.1) is 0 Å². The topological polar surface area (TPSA) is 59.0 Å². The van der Waals surface area contributed by atoms with Crippen LogP contribution >= 0.6 is 0 Å². The highest BCUT2D eigenvalue weighted by atomic mass is 19.1. The van der Waals surface area contributed by atoms with E-state index in [2.05, 4.69) is 4.90 Å². The number of para-hydroxylation sites is 1. The standard InChI is InChI=1S/C22H26FNO4/c1-3-28-20-8-4-6-16(22(20)26)14-24-11-5-7-15(13-24)21(25)18-12-17(23)9-10-19(18)27-2/h4,6,8-10,12,15,26H,3,5,7,11,13-14H2,1-2H3/t15-/m0/s1. The van der Waals surface area contributed by atoms with Crippen molar-refractivity contribution in [3.63, 3.8) is 0 Å². The lowest BCUT2D eigenvalue weighted by atomic mass is 9.89. The van der Waals surface area contributed by atoms with Gasteiger partial charge in [0.05, 0.1) is 19.3 Å². The molecule has 6 heteroatoms. The summed E-state index contributed by atoms with van der Waals surface area (Å²) in [6.45, 7) is 4.26. The van der Waals surface area contributed by atoms with Crippen molar-refractivity contribution in [2.24, 2.45) is 5.92 Å². The van der Waals surface area contributed by atoms with Crippen LogP contribution in [0.1, 0.15) is 35.7 Å². The molecule has 1 N–H and O–H groups in total. The van der Waals surface area contributed by atoms with Gasteiger partial charge in [-0.1, -0.05) is 12.1 Å². The maximum atomic E-state index is 13.7. The predicted molar refractivity (Wildman–Crippen MR) is 105 cm³/mol. The van der Waals surface area contributed by atoms with Crippen LogP contribution in [0.3, 0.4) is 0 Å². The minimum absolute atomic E-state index is 0.103. The molecule has 0 bridgehead atoms. The molecule has 1 heterocycles. The molecule has 0 spiro atoms. The van der Waals surface area contributed by atoms with Crippen LogP contribution in [0.4, 0.5) is 4.39 Å². The molecule has 150 valence electrons. The molecule has 0 aliphatic carbocycles. The molecule has 0 unspecified atom stereocenters. The summed E-state index contributed by atoms with van der Waals surface area (Å²) in [7, 11) is 1.48. The fourth-order valence-corrected chi connectivity index (χ4v) is 3.71. The average molecular weight is 387 g/mol. The molecule has 5 nitrogen and oxygen atoms in total. The first-order chi connectivity index (χ1) is 13.5. The first kappa shape index (κ1) is 20.1. The van der Waals surface area contributed by atoms with Gasteiger partial charge in [0.1, 0.15) is 11.6 Å². The van der Waals surface area contributed by atoms with Crippen LogP contribution in [0.5, 0.6) is 17.2 Å². The minimum Gasteiger partial charge on any atom is -0.504 e. The minimum atomic E-state index is -0.450. The zero-order valence-electron chi connectivity index (χ0n) is 16.3. The van der Waals surface area contributed by atoms with E-state index in [-0.39, 0.29) is 23.0 Å². The monoisotopic (exact) mass is 387 g/mol. The Labute approximate surface area is 164 Å². The Hall–Kier alpha value is -2.60. The molecule has 0 radical (unpaired) electrons. The molecule has 2 aromatic carbocycles. The number of hydrogen-bond donors (Lipinski definition) is 1. The zero-order chi connectivity index (χ0) is 20.1. The Bertz CT molecular complexity index is 839. The largest absolute Gasteiger partial charge is 0.504 e. The van der Waals surface area contributed by atoms with E-state index in [0.717, 1.165) is 24.9 Å². The number of halogens is 1. The third-order valence-corrected chi connectivity index (χ3v) is 5.08. The number of ether oxygens (including phenoxy) is 2. The molecule has 1 atom stereocenters. The zero-order valence-corrected chi connectivity index (χ0v) is 16.3. The lowest BCUT2D eigenvalue weighted by Gasteiger charge is -2.32. The third kappa shape index (κ3) is 4.44. The van der Waals surface area contributed by atoms with E-state index in [1.807, 2.05) is 19.1 Å². The maximum Gasteiger partial charge on any atom is 0.171 e.